The van der Waals surface area contributed by atoms with E-state index in [4.69, 9.17) is 16.3 Å². The summed E-state index contributed by atoms with van der Waals surface area (Å²) < 4.78 is 96.3. The van der Waals surface area contributed by atoms with Crippen LogP contribution in [0.5, 0.6) is 5.75 Å². The summed E-state index contributed by atoms with van der Waals surface area (Å²) in [6.45, 7) is 0. The van der Waals surface area contributed by atoms with Crippen molar-refractivity contribution in [3.05, 3.63) is 93.0 Å². The smallest absolute Gasteiger partial charge is 0.416 e. The first kappa shape index (κ1) is 26.9. The predicted molar refractivity (Wildman–Crippen MR) is 130 cm³/mol. The molecule has 3 aromatic rings. The van der Waals surface area contributed by atoms with E-state index in [1.807, 2.05) is 0 Å². The molecule has 39 heavy (non-hydrogen) atoms. The molecule has 0 bridgehead atoms. The highest BCUT2D eigenvalue weighted by atomic mass is 35.5. The fourth-order valence-electron chi connectivity index (χ4n) is 4.40. The van der Waals surface area contributed by atoms with Crippen molar-refractivity contribution in [2.75, 3.05) is 16.8 Å². The number of halogens is 6. The molecule has 2 aliphatic heterocycles. The van der Waals surface area contributed by atoms with Gasteiger partial charge in [-0.05, 0) is 42.5 Å². The van der Waals surface area contributed by atoms with E-state index >= 15 is 0 Å². The van der Waals surface area contributed by atoms with Gasteiger partial charge in [-0.25, -0.2) is 17.2 Å². The van der Waals surface area contributed by atoms with Crippen molar-refractivity contribution in [2.24, 2.45) is 0 Å². The van der Waals surface area contributed by atoms with Gasteiger partial charge in [0.2, 0.25) is 0 Å². The SMILES string of the molecule is O=C(Nc1cc(OC2CS(=O)(=O)C2)cc2c1C(c1cc(F)ccc1Cl)NC2=O)c1cc(F)cc(C(F)(F)F)c1. The molecule has 2 heterocycles. The number of hydrogen-bond acceptors (Lipinski definition) is 5. The van der Waals surface area contributed by atoms with Crippen molar-refractivity contribution in [1.82, 2.24) is 5.32 Å². The quantitative estimate of drug-likeness (QED) is 0.414. The molecule has 0 aliphatic carbocycles. The van der Waals surface area contributed by atoms with Crippen LogP contribution in [0.3, 0.4) is 0 Å². The van der Waals surface area contributed by atoms with Crippen molar-refractivity contribution in [3.63, 3.8) is 0 Å². The highest BCUT2D eigenvalue weighted by molar-refractivity contribution is 7.92. The van der Waals surface area contributed by atoms with Gasteiger partial charge in [0.1, 0.15) is 23.5 Å². The Bertz CT molecular complexity index is 1630. The molecule has 7 nitrogen and oxygen atoms in total. The van der Waals surface area contributed by atoms with Gasteiger partial charge >= 0.3 is 6.18 Å². The summed E-state index contributed by atoms with van der Waals surface area (Å²) in [6, 6.07) is 6.18. The standard InChI is InChI=1S/C25H16ClF5N2O5S/c26-19-2-1-13(27)6-17(19)22-21-18(24(35)33-22)7-15(38-16-9-39(36,37)10-16)8-20(21)32-23(34)11-3-12(25(29,30)31)5-14(28)4-11/h1-8,16,22H,9-10H2,(H,32,34)(H,33,35). The van der Waals surface area contributed by atoms with Crippen LogP contribution in [0.15, 0.2) is 48.5 Å². The zero-order valence-electron chi connectivity index (χ0n) is 19.4. The summed E-state index contributed by atoms with van der Waals surface area (Å²) in [5.74, 6) is -4.35. The van der Waals surface area contributed by atoms with E-state index in [2.05, 4.69) is 10.6 Å². The zero-order chi connectivity index (χ0) is 28.3. The number of carbonyl (C=O) groups excluding carboxylic acids is 2. The molecule has 5 rings (SSSR count). The van der Waals surface area contributed by atoms with Crippen LogP contribution >= 0.6 is 11.6 Å². The largest absolute Gasteiger partial charge is 0.488 e. The molecule has 0 aromatic heterocycles. The van der Waals surface area contributed by atoms with E-state index in [0.717, 1.165) is 12.1 Å². The Kier molecular flexibility index (Phi) is 6.54. The minimum atomic E-state index is -4.93. The number of fused-ring (bicyclic) bond motifs is 1. The number of rotatable bonds is 5. The van der Waals surface area contributed by atoms with Crippen LogP contribution in [0, 0.1) is 11.6 Å². The van der Waals surface area contributed by atoms with E-state index in [1.165, 1.54) is 18.2 Å². The molecular formula is C25H16ClF5N2O5S. The average Bonchev–Trinajstić information content (AvgIpc) is 3.15. The van der Waals surface area contributed by atoms with Crippen molar-refractivity contribution >= 4 is 38.9 Å². The molecular weight excluding hydrogens is 571 g/mol. The van der Waals surface area contributed by atoms with Crippen LogP contribution in [0.25, 0.3) is 0 Å². The number of hydrogen-bond donors (Lipinski definition) is 2. The van der Waals surface area contributed by atoms with Gasteiger partial charge in [0.15, 0.2) is 9.84 Å². The molecule has 2 N–H and O–H groups in total. The molecule has 0 radical (unpaired) electrons. The second-order valence-electron chi connectivity index (χ2n) is 9.00. The van der Waals surface area contributed by atoms with Gasteiger partial charge in [-0.3, -0.25) is 9.59 Å². The second kappa shape index (κ2) is 9.49. The lowest BCUT2D eigenvalue weighted by Crippen LogP contribution is -2.45. The number of ether oxygens (including phenoxy) is 1. The van der Waals surface area contributed by atoms with Crippen LogP contribution in [-0.4, -0.2) is 37.8 Å². The van der Waals surface area contributed by atoms with Gasteiger partial charge in [-0.2, -0.15) is 13.2 Å². The lowest BCUT2D eigenvalue weighted by molar-refractivity contribution is -0.137. The molecule has 1 unspecified atom stereocenters. The molecule has 0 spiro atoms. The van der Waals surface area contributed by atoms with Crippen molar-refractivity contribution < 1.29 is 44.7 Å². The molecule has 1 atom stereocenters. The maximum atomic E-state index is 14.1. The van der Waals surface area contributed by atoms with Gasteiger partial charge < -0.3 is 15.4 Å². The summed E-state index contributed by atoms with van der Waals surface area (Å²) in [7, 11) is -3.26. The van der Waals surface area contributed by atoms with E-state index in [9.17, 15) is 40.0 Å². The second-order valence-corrected chi connectivity index (χ2v) is 11.6. The number of amides is 2. The third-order valence-corrected chi connectivity index (χ3v) is 8.25. The van der Waals surface area contributed by atoms with E-state index in [1.54, 1.807) is 0 Å². The summed E-state index contributed by atoms with van der Waals surface area (Å²) in [5.41, 5.74) is -1.99. The number of anilines is 1. The summed E-state index contributed by atoms with van der Waals surface area (Å²) >= 11 is 6.24. The number of alkyl halides is 3. The van der Waals surface area contributed by atoms with Crippen molar-refractivity contribution in [2.45, 2.75) is 18.3 Å². The monoisotopic (exact) mass is 586 g/mol. The molecule has 14 heteroatoms. The first-order valence-electron chi connectivity index (χ1n) is 11.2. The zero-order valence-corrected chi connectivity index (χ0v) is 21.0. The number of carbonyl (C=O) groups is 2. The van der Waals surface area contributed by atoms with Crippen LogP contribution in [0.1, 0.15) is 43.4 Å². The first-order chi connectivity index (χ1) is 18.2. The topological polar surface area (TPSA) is 102 Å². The van der Waals surface area contributed by atoms with Crippen LogP contribution in [-0.2, 0) is 16.0 Å². The molecule has 2 amide bonds. The molecule has 3 aromatic carbocycles. The van der Waals surface area contributed by atoms with Gasteiger partial charge in [0.05, 0.1) is 34.4 Å². The summed E-state index contributed by atoms with van der Waals surface area (Å²) in [6.07, 6.45) is -5.66. The molecule has 1 fully saturated rings. The van der Waals surface area contributed by atoms with Crippen LogP contribution in [0.2, 0.25) is 5.02 Å². The summed E-state index contributed by atoms with van der Waals surface area (Å²) in [4.78, 5) is 25.9. The van der Waals surface area contributed by atoms with E-state index in [0.29, 0.717) is 12.1 Å². The Balaban J connectivity index is 1.58. The average molecular weight is 587 g/mol. The third-order valence-electron chi connectivity index (χ3n) is 6.15. The highest BCUT2D eigenvalue weighted by Crippen LogP contribution is 2.42. The minimum absolute atomic E-state index is 0.0136. The van der Waals surface area contributed by atoms with Crippen LogP contribution in [0.4, 0.5) is 27.6 Å². The Morgan fingerprint density at radius 1 is 1.03 bits per heavy atom. The van der Waals surface area contributed by atoms with Gasteiger partial charge in [0, 0.05) is 27.8 Å². The molecule has 204 valence electrons. The fourth-order valence-corrected chi connectivity index (χ4v) is 5.80. The highest BCUT2D eigenvalue weighted by Gasteiger charge is 2.38. The van der Waals surface area contributed by atoms with Crippen molar-refractivity contribution in [3.8, 4) is 5.75 Å². The number of nitrogens with one attached hydrogen (secondary N) is 2. The fraction of sp³-hybridized carbons (Fsp3) is 0.200. The van der Waals surface area contributed by atoms with Crippen molar-refractivity contribution in [1.29, 1.82) is 0 Å². The maximum absolute atomic E-state index is 14.1. The number of sulfone groups is 1. The van der Waals surface area contributed by atoms with E-state index < -0.39 is 62.7 Å². The Labute approximate surface area is 222 Å². The van der Waals surface area contributed by atoms with E-state index in [-0.39, 0.29) is 50.7 Å². The molecule has 1 saturated heterocycles. The van der Waals surface area contributed by atoms with Gasteiger partial charge in [-0.15, -0.1) is 0 Å². The maximum Gasteiger partial charge on any atom is 0.416 e. The number of benzene rings is 3. The lowest BCUT2D eigenvalue weighted by atomic mass is 9.95. The molecule has 2 aliphatic rings. The first-order valence-corrected chi connectivity index (χ1v) is 13.4. The van der Waals surface area contributed by atoms with Gasteiger partial charge in [0.25, 0.3) is 11.8 Å². The normalized spacial score (nSPS) is 18.2. The van der Waals surface area contributed by atoms with Crippen LogP contribution < -0.4 is 15.4 Å². The summed E-state index contributed by atoms with van der Waals surface area (Å²) in [5, 5.41) is 5.08. The lowest BCUT2D eigenvalue weighted by Gasteiger charge is -2.27. The predicted octanol–water partition coefficient (Wildman–Crippen LogP) is 4.90. The Hall–Kier alpha value is -3.71. The van der Waals surface area contributed by atoms with Gasteiger partial charge in [-0.1, -0.05) is 11.6 Å². The molecule has 0 saturated carbocycles. The Morgan fingerprint density at radius 2 is 1.74 bits per heavy atom. The Morgan fingerprint density at radius 3 is 2.41 bits per heavy atom. The third kappa shape index (κ3) is 5.41. The minimum Gasteiger partial charge on any atom is -0.488 e.